The van der Waals surface area contributed by atoms with E-state index in [9.17, 15) is 19.7 Å². The molecule has 0 aliphatic heterocycles. The monoisotopic (exact) mass is 339 g/mol. The highest BCUT2D eigenvalue weighted by Gasteiger charge is 2.18. The Morgan fingerprint density at radius 1 is 1.53 bits per heavy atom. The number of benzene rings is 1. The fraction of sp³-hybridized carbons (Fsp3) is 0. The summed E-state index contributed by atoms with van der Waals surface area (Å²) >= 11 is 6.92. The van der Waals surface area contributed by atoms with Crippen molar-refractivity contribution in [2.75, 3.05) is 0 Å². The number of carbonyl (C=O) groups is 2. The smallest absolute Gasteiger partial charge is 0.283 e. The van der Waals surface area contributed by atoms with Crippen molar-refractivity contribution in [3.63, 3.8) is 0 Å². The Bertz CT molecular complexity index is 460. The molecule has 0 saturated carbocycles. The molecule has 0 unspecified atom stereocenters. The van der Waals surface area contributed by atoms with Crippen LogP contribution in [0.5, 0.6) is 0 Å². The summed E-state index contributed by atoms with van der Waals surface area (Å²) in [4.78, 5) is 31.4. The maximum atomic E-state index is 10.9. The Labute approximate surface area is 103 Å². The van der Waals surface area contributed by atoms with Crippen molar-refractivity contribution in [3.8, 4) is 0 Å². The average molecular weight is 339 g/mol. The molecule has 0 N–H and O–H groups in total. The van der Waals surface area contributed by atoms with Crippen LogP contribution in [0.3, 0.4) is 0 Å². The molecule has 1 aromatic carbocycles. The fourth-order valence-electron chi connectivity index (χ4n) is 0.986. The number of halogens is 2. The molecule has 0 bridgehead atoms. The average Bonchev–Trinajstić information content (AvgIpc) is 2.16. The van der Waals surface area contributed by atoms with Crippen molar-refractivity contribution in [1.29, 1.82) is 0 Å². The van der Waals surface area contributed by atoms with E-state index >= 15 is 0 Å². The Morgan fingerprint density at radius 3 is 2.53 bits per heavy atom. The third kappa shape index (κ3) is 2.51. The van der Waals surface area contributed by atoms with Crippen LogP contribution in [0, 0.1) is 13.7 Å². The van der Waals surface area contributed by atoms with E-state index in [2.05, 4.69) is 0 Å². The van der Waals surface area contributed by atoms with Crippen LogP contribution < -0.4 is 0 Å². The van der Waals surface area contributed by atoms with Crippen LogP contribution in [0.25, 0.3) is 0 Å². The van der Waals surface area contributed by atoms with Crippen molar-refractivity contribution in [2.45, 2.75) is 0 Å². The lowest BCUT2D eigenvalue weighted by molar-refractivity contribution is -0.385. The van der Waals surface area contributed by atoms with Crippen molar-refractivity contribution < 1.29 is 14.5 Å². The summed E-state index contributed by atoms with van der Waals surface area (Å²) in [5.41, 5.74) is -0.330. The molecule has 15 heavy (non-hydrogen) atoms. The number of carbonyl (C=O) groups excluding carboxylic acids is 2. The summed E-state index contributed by atoms with van der Waals surface area (Å²) in [6, 6.07) is 2.25. The molecule has 0 spiro atoms. The van der Waals surface area contributed by atoms with E-state index in [-0.39, 0.29) is 20.4 Å². The Kier molecular flexibility index (Phi) is 3.75. The zero-order chi connectivity index (χ0) is 11.6. The summed E-state index contributed by atoms with van der Waals surface area (Å²) in [6.07, 6.45) is 0.360. The van der Waals surface area contributed by atoms with Gasteiger partial charge in [0, 0.05) is 17.2 Å². The van der Waals surface area contributed by atoms with Crippen molar-refractivity contribution in [3.05, 3.63) is 36.9 Å². The van der Waals surface area contributed by atoms with E-state index in [0.717, 1.165) is 6.07 Å². The summed E-state index contributed by atoms with van der Waals surface area (Å²) < 4.78 is 0.257. The van der Waals surface area contributed by atoms with E-state index in [1.54, 1.807) is 22.6 Å². The van der Waals surface area contributed by atoms with Gasteiger partial charge in [-0.05, 0) is 40.3 Å². The minimum Gasteiger partial charge on any atom is -0.298 e. The van der Waals surface area contributed by atoms with Gasteiger partial charge < -0.3 is 0 Å². The molecule has 7 heteroatoms. The van der Waals surface area contributed by atoms with Crippen LogP contribution in [0.2, 0.25) is 0 Å². The van der Waals surface area contributed by atoms with Gasteiger partial charge in [-0.2, -0.15) is 0 Å². The first-order valence-electron chi connectivity index (χ1n) is 3.60. The standard InChI is InChI=1S/C8H3ClINO4/c9-8(13)5-2-6(10)7(11(14)15)1-4(5)3-12/h1-3H. The second-order valence-corrected chi connectivity index (χ2v) is 4.05. The third-order valence-corrected chi connectivity index (χ3v) is 2.72. The van der Waals surface area contributed by atoms with E-state index in [1.807, 2.05) is 0 Å². The van der Waals surface area contributed by atoms with Gasteiger partial charge in [0.15, 0.2) is 6.29 Å². The number of nitrogens with zero attached hydrogens (tertiary/aromatic N) is 1. The predicted molar refractivity (Wildman–Crippen MR) is 61.4 cm³/mol. The van der Waals surface area contributed by atoms with Gasteiger partial charge in [-0.25, -0.2) is 0 Å². The largest absolute Gasteiger partial charge is 0.298 e. The lowest BCUT2D eigenvalue weighted by Gasteiger charge is -2.01. The predicted octanol–water partition coefficient (Wildman–Crippen LogP) is 2.39. The molecule has 0 heterocycles. The molecule has 0 aromatic heterocycles. The molecule has 5 nitrogen and oxygen atoms in total. The lowest BCUT2D eigenvalue weighted by atomic mass is 10.1. The molecule has 0 fully saturated rings. The summed E-state index contributed by atoms with van der Waals surface area (Å²) in [7, 11) is 0. The second kappa shape index (κ2) is 4.67. The van der Waals surface area contributed by atoms with E-state index in [4.69, 9.17) is 11.6 Å². The van der Waals surface area contributed by atoms with Gasteiger partial charge in [0.25, 0.3) is 10.9 Å². The highest BCUT2D eigenvalue weighted by Crippen LogP contribution is 2.25. The third-order valence-electron chi connectivity index (χ3n) is 1.65. The molecule has 1 aromatic rings. The SMILES string of the molecule is O=Cc1cc([N+](=O)[O-])c(I)cc1C(=O)Cl. The zero-order valence-corrected chi connectivity index (χ0v) is 9.98. The first kappa shape index (κ1) is 12.1. The molecule has 0 aliphatic rings. The molecular weight excluding hydrogens is 336 g/mol. The number of nitro benzene ring substituents is 1. The molecule has 0 saturated heterocycles. The number of hydrogen-bond donors (Lipinski definition) is 0. The van der Waals surface area contributed by atoms with E-state index in [0.29, 0.717) is 6.29 Å². The number of nitro groups is 1. The van der Waals surface area contributed by atoms with Gasteiger partial charge >= 0.3 is 0 Å². The van der Waals surface area contributed by atoms with Gasteiger partial charge in [0.1, 0.15) is 0 Å². The number of aldehydes is 1. The molecule has 0 radical (unpaired) electrons. The second-order valence-electron chi connectivity index (χ2n) is 2.54. The van der Waals surface area contributed by atoms with Crippen molar-refractivity contribution in [1.82, 2.24) is 0 Å². The Balaban J connectivity index is 3.48. The summed E-state index contributed by atoms with van der Waals surface area (Å²) in [6.45, 7) is 0. The molecule has 78 valence electrons. The van der Waals surface area contributed by atoms with Gasteiger partial charge in [-0.3, -0.25) is 19.7 Å². The first-order chi connectivity index (χ1) is 6.97. The lowest BCUT2D eigenvalue weighted by Crippen LogP contribution is -2.01. The maximum absolute atomic E-state index is 10.9. The highest BCUT2D eigenvalue weighted by atomic mass is 127. The van der Waals surface area contributed by atoms with E-state index < -0.39 is 10.2 Å². The Hall–Kier alpha value is -1.02. The van der Waals surface area contributed by atoms with Crippen LogP contribution in [0.15, 0.2) is 12.1 Å². The van der Waals surface area contributed by atoms with Crippen molar-refractivity contribution in [2.24, 2.45) is 0 Å². The van der Waals surface area contributed by atoms with Crippen LogP contribution in [0.4, 0.5) is 5.69 Å². The normalized spacial score (nSPS) is 9.73. The van der Waals surface area contributed by atoms with Gasteiger partial charge in [-0.1, -0.05) is 0 Å². The quantitative estimate of drug-likeness (QED) is 0.278. The molecule has 0 amide bonds. The molecular formula is C8H3ClINO4. The number of rotatable bonds is 3. The number of hydrogen-bond acceptors (Lipinski definition) is 4. The Morgan fingerprint density at radius 2 is 2.13 bits per heavy atom. The zero-order valence-electron chi connectivity index (χ0n) is 7.07. The fourth-order valence-corrected chi connectivity index (χ4v) is 1.81. The summed E-state index contributed by atoms with van der Waals surface area (Å²) in [5.74, 6) is 0. The maximum Gasteiger partial charge on any atom is 0.283 e. The van der Waals surface area contributed by atoms with Crippen LogP contribution in [-0.2, 0) is 0 Å². The molecule has 0 atom stereocenters. The van der Waals surface area contributed by atoms with Crippen LogP contribution >= 0.6 is 34.2 Å². The topological polar surface area (TPSA) is 77.3 Å². The molecule has 1 rings (SSSR count). The first-order valence-corrected chi connectivity index (χ1v) is 5.06. The minimum absolute atomic E-state index is 0.0262. The summed E-state index contributed by atoms with van der Waals surface area (Å²) in [5, 5.41) is 9.72. The minimum atomic E-state index is -0.815. The van der Waals surface area contributed by atoms with E-state index in [1.165, 1.54) is 6.07 Å². The van der Waals surface area contributed by atoms with Crippen molar-refractivity contribution >= 4 is 51.4 Å². The highest BCUT2D eigenvalue weighted by molar-refractivity contribution is 14.1. The van der Waals surface area contributed by atoms with Crippen LogP contribution in [0.1, 0.15) is 20.7 Å². The van der Waals surface area contributed by atoms with Crippen LogP contribution in [-0.4, -0.2) is 16.5 Å². The molecule has 0 aliphatic carbocycles. The van der Waals surface area contributed by atoms with Gasteiger partial charge in [-0.15, -0.1) is 0 Å². The van der Waals surface area contributed by atoms with Gasteiger partial charge in [0.2, 0.25) is 0 Å². The van der Waals surface area contributed by atoms with Gasteiger partial charge in [0.05, 0.1) is 8.49 Å².